The van der Waals surface area contributed by atoms with Gasteiger partial charge in [-0.2, -0.15) is 0 Å². The lowest BCUT2D eigenvalue weighted by atomic mass is 10.1. The number of rotatable bonds is 5. The molecule has 8 heteroatoms. The monoisotopic (exact) mass is 323 g/mol. The fourth-order valence-corrected chi connectivity index (χ4v) is 3.45. The minimum Gasteiger partial charge on any atom is -0.494 e. The zero-order valence-electron chi connectivity index (χ0n) is 11.4. The van der Waals surface area contributed by atoms with Crippen molar-refractivity contribution in [3.05, 3.63) is 24.0 Å². The van der Waals surface area contributed by atoms with Crippen molar-refractivity contribution in [1.29, 1.82) is 0 Å². The minimum absolute atomic E-state index is 0.0868. The second-order valence-corrected chi connectivity index (χ2v) is 6.77. The summed E-state index contributed by atoms with van der Waals surface area (Å²) in [6.45, 7) is -0.358. The van der Waals surface area contributed by atoms with Crippen LogP contribution in [0.15, 0.2) is 23.1 Å². The van der Waals surface area contributed by atoms with E-state index in [9.17, 15) is 21.6 Å². The molecule has 1 aliphatic rings. The molecule has 4 nitrogen and oxygen atoms in total. The van der Waals surface area contributed by atoms with Crippen LogP contribution in [-0.2, 0) is 10.0 Å². The van der Waals surface area contributed by atoms with E-state index in [4.69, 9.17) is 4.74 Å². The Morgan fingerprint density at radius 2 is 2.14 bits per heavy atom. The van der Waals surface area contributed by atoms with E-state index in [2.05, 4.69) is 4.72 Å². The highest BCUT2D eigenvalue weighted by Crippen LogP contribution is 2.40. The van der Waals surface area contributed by atoms with Crippen LogP contribution >= 0.6 is 0 Å². The number of nitrogens with one attached hydrogen (secondary N) is 1. The molecule has 0 spiro atoms. The normalized spacial score (nSPS) is 21.4. The smallest absolute Gasteiger partial charge is 0.252 e. The molecule has 1 aliphatic carbocycles. The van der Waals surface area contributed by atoms with Gasteiger partial charge in [-0.05, 0) is 31.0 Å². The van der Waals surface area contributed by atoms with Gasteiger partial charge >= 0.3 is 0 Å². The average molecular weight is 323 g/mol. The molecule has 1 atom stereocenters. The van der Waals surface area contributed by atoms with Crippen molar-refractivity contribution in [2.75, 3.05) is 13.7 Å². The summed E-state index contributed by atoms with van der Waals surface area (Å²) in [5.74, 6) is -4.79. The van der Waals surface area contributed by atoms with Gasteiger partial charge in [-0.25, -0.2) is 26.3 Å². The zero-order chi connectivity index (χ0) is 15.7. The van der Waals surface area contributed by atoms with E-state index in [-0.39, 0.29) is 30.0 Å². The van der Waals surface area contributed by atoms with Crippen molar-refractivity contribution in [3.8, 4) is 5.75 Å². The molecule has 2 rings (SSSR count). The van der Waals surface area contributed by atoms with Crippen LogP contribution in [0.3, 0.4) is 0 Å². The van der Waals surface area contributed by atoms with Crippen LogP contribution in [0.5, 0.6) is 5.75 Å². The molecule has 1 N–H and O–H groups in total. The molecule has 0 aromatic heterocycles. The molecular weight excluding hydrogens is 307 g/mol. The summed E-state index contributed by atoms with van der Waals surface area (Å²) < 4.78 is 71.2. The van der Waals surface area contributed by atoms with Gasteiger partial charge in [0.05, 0.1) is 12.0 Å². The van der Waals surface area contributed by atoms with Gasteiger partial charge in [-0.15, -0.1) is 0 Å². The third-order valence-electron chi connectivity index (χ3n) is 3.61. The lowest BCUT2D eigenvalue weighted by Crippen LogP contribution is -2.35. The van der Waals surface area contributed by atoms with Crippen molar-refractivity contribution in [2.45, 2.75) is 30.1 Å². The van der Waals surface area contributed by atoms with Crippen LogP contribution < -0.4 is 9.46 Å². The van der Waals surface area contributed by atoms with Crippen molar-refractivity contribution in [3.63, 3.8) is 0 Å². The number of hydrogen-bond acceptors (Lipinski definition) is 3. The minimum atomic E-state index is -4.02. The summed E-state index contributed by atoms with van der Waals surface area (Å²) in [5, 5.41) is 0. The molecule has 1 aromatic carbocycles. The van der Waals surface area contributed by atoms with E-state index in [1.807, 2.05) is 0 Å². The van der Waals surface area contributed by atoms with Crippen LogP contribution in [0.1, 0.15) is 19.3 Å². The van der Waals surface area contributed by atoms with E-state index < -0.39 is 27.7 Å². The van der Waals surface area contributed by atoms with Crippen molar-refractivity contribution in [1.82, 2.24) is 4.72 Å². The molecule has 118 valence electrons. The zero-order valence-corrected chi connectivity index (χ0v) is 12.2. The average Bonchev–Trinajstić information content (AvgIpc) is 2.75. The van der Waals surface area contributed by atoms with Crippen LogP contribution in [0, 0.1) is 11.7 Å². The van der Waals surface area contributed by atoms with Gasteiger partial charge in [0.1, 0.15) is 0 Å². The molecule has 1 saturated carbocycles. The Morgan fingerprint density at radius 3 is 2.67 bits per heavy atom. The van der Waals surface area contributed by atoms with E-state index in [1.54, 1.807) is 0 Å². The summed E-state index contributed by atoms with van der Waals surface area (Å²) in [5.41, 5.74) is 0. The van der Waals surface area contributed by atoms with Gasteiger partial charge in [0.2, 0.25) is 10.0 Å². The highest BCUT2D eigenvalue weighted by Gasteiger charge is 2.43. The number of benzene rings is 1. The Bertz CT molecular complexity index is 619. The molecular formula is C13H16F3NO3S. The highest BCUT2D eigenvalue weighted by atomic mass is 32.2. The second-order valence-electron chi connectivity index (χ2n) is 5.00. The first-order valence-corrected chi connectivity index (χ1v) is 7.95. The lowest BCUT2D eigenvalue weighted by Gasteiger charge is -2.19. The third-order valence-corrected chi connectivity index (χ3v) is 5.03. The number of alkyl halides is 2. The van der Waals surface area contributed by atoms with Crippen molar-refractivity contribution >= 4 is 10.0 Å². The van der Waals surface area contributed by atoms with Gasteiger partial charge in [0.25, 0.3) is 5.92 Å². The molecule has 1 unspecified atom stereocenters. The largest absolute Gasteiger partial charge is 0.494 e. The summed E-state index contributed by atoms with van der Waals surface area (Å²) >= 11 is 0. The molecule has 0 radical (unpaired) electrons. The number of methoxy groups -OCH3 is 1. The summed E-state index contributed by atoms with van der Waals surface area (Å²) in [4.78, 5) is -0.317. The fraction of sp³-hybridized carbons (Fsp3) is 0.538. The Balaban J connectivity index is 2.10. The Morgan fingerprint density at radius 1 is 1.43 bits per heavy atom. The molecule has 0 bridgehead atoms. The van der Waals surface area contributed by atoms with Gasteiger partial charge in [0, 0.05) is 18.9 Å². The first kappa shape index (κ1) is 16.1. The van der Waals surface area contributed by atoms with Gasteiger partial charge in [-0.3, -0.25) is 0 Å². The first-order valence-electron chi connectivity index (χ1n) is 6.47. The highest BCUT2D eigenvalue weighted by molar-refractivity contribution is 7.89. The van der Waals surface area contributed by atoms with Gasteiger partial charge in [-0.1, -0.05) is 0 Å². The topological polar surface area (TPSA) is 55.4 Å². The first-order chi connectivity index (χ1) is 9.76. The second kappa shape index (κ2) is 5.84. The van der Waals surface area contributed by atoms with E-state index in [1.165, 1.54) is 13.2 Å². The molecule has 0 heterocycles. The van der Waals surface area contributed by atoms with Crippen molar-refractivity contribution in [2.24, 2.45) is 5.92 Å². The summed E-state index contributed by atoms with van der Waals surface area (Å²) in [6, 6.07) is 3.14. The standard InChI is InChI=1S/C13H16F3NO3S/c1-20-12-5-4-10(7-11(12)14)21(18,19)17-8-9-3-2-6-13(9,15)16/h4-5,7,9,17H,2-3,6,8H2,1H3. The molecule has 1 fully saturated rings. The van der Waals surface area contributed by atoms with E-state index >= 15 is 0 Å². The van der Waals surface area contributed by atoms with E-state index in [0.717, 1.165) is 12.1 Å². The maximum absolute atomic E-state index is 13.5. The molecule has 0 saturated heterocycles. The van der Waals surface area contributed by atoms with Crippen LogP contribution in [0.25, 0.3) is 0 Å². The molecule has 21 heavy (non-hydrogen) atoms. The molecule has 0 aliphatic heterocycles. The third kappa shape index (κ3) is 3.49. The lowest BCUT2D eigenvalue weighted by molar-refractivity contribution is -0.0342. The van der Waals surface area contributed by atoms with E-state index in [0.29, 0.717) is 6.42 Å². The maximum atomic E-state index is 13.5. The molecule has 1 aromatic rings. The maximum Gasteiger partial charge on any atom is 0.252 e. The summed E-state index contributed by atoms with van der Waals surface area (Å²) in [7, 11) is -2.77. The number of halogens is 3. The van der Waals surface area contributed by atoms with Crippen LogP contribution in [-0.4, -0.2) is 28.0 Å². The Labute approximate surface area is 121 Å². The molecule has 0 amide bonds. The predicted molar refractivity (Wildman–Crippen MR) is 70.4 cm³/mol. The quantitative estimate of drug-likeness (QED) is 0.906. The Kier molecular flexibility index (Phi) is 4.48. The number of hydrogen-bond donors (Lipinski definition) is 1. The predicted octanol–water partition coefficient (Wildman–Crippen LogP) is 2.55. The van der Waals surface area contributed by atoms with Gasteiger partial charge in [0.15, 0.2) is 11.6 Å². The van der Waals surface area contributed by atoms with Gasteiger partial charge < -0.3 is 4.74 Å². The van der Waals surface area contributed by atoms with Crippen LogP contribution in [0.4, 0.5) is 13.2 Å². The fourth-order valence-electron chi connectivity index (χ4n) is 2.36. The SMILES string of the molecule is COc1ccc(S(=O)(=O)NCC2CCCC2(F)F)cc1F. The Hall–Kier alpha value is -1.28. The summed E-state index contributed by atoms with van der Waals surface area (Å²) in [6.07, 6.45) is 0.416. The number of ether oxygens (including phenoxy) is 1. The number of sulfonamides is 1. The van der Waals surface area contributed by atoms with Crippen LogP contribution in [0.2, 0.25) is 0 Å². The van der Waals surface area contributed by atoms with Crippen molar-refractivity contribution < 1.29 is 26.3 Å².